The van der Waals surface area contributed by atoms with E-state index in [9.17, 15) is 17.0 Å². The molecular weight excluding hydrogens is 911 g/mol. The SMILES string of the molecule is Cc1cc(C)cc(-c2c(C(C)(C)C)ccc3c2C=C(C(C)C)[CH]3[Zr]([Cl])([Cl])([c]2cccc3c2[SiH2]c2ccccc2-3)[CH]2C(C(C)C)=Cc3c2ccc(C(C)(C)C)c3-c2cc(C)cc(C)c2)c1. The van der Waals surface area contributed by atoms with Crippen molar-refractivity contribution in [3.05, 3.63) is 170 Å². The van der Waals surface area contributed by atoms with Crippen molar-refractivity contribution in [1.29, 1.82) is 0 Å². The Morgan fingerprint density at radius 1 is 0.516 bits per heavy atom. The Hall–Kier alpha value is -3.52. The molecule has 6 aromatic carbocycles. The third kappa shape index (κ3) is 7.23. The number of allylic oxidation sites excluding steroid dienone is 2. The molecule has 0 saturated carbocycles. The molecule has 1 aliphatic heterocycles. The summed E-state index contributed by atoms with van der Waals surface area (Å²) in [6.07, 6.45) is 5.14. The Labute approximate surface area is 395 Å². The summed E-state index contributed by atoms with van der Waals surface area (Å²) in [6, 6.07) is 40.1. The van der Waals surface area contributed by atoms with Crippen LogP contribution >= 0.6 is 17.0 Å². The minimum atomic E-state index is -5.80. The van der Waals surface area contributed by atoms with E-state index in [1.165, 1.54) is 114 Å². The second-order valence-electron chi connectivity index (χ2n) is 22.5. The van der Waals surface area contributed by atoms with Crippen molar-refractivity contribution in [2.75, 3.05) is 0 Å². The standard InChI is InChI=1S/2C24H29.C12H9Si.2ClH.Zr/c2*1-15(2)19-13-18-8-9-22(24(5,6)7)23(21(18)14-19)20-11-16(3)10-17(4)12-20;1-3-7-11-9(5-1)10-6-2-4-8-12(10)13-11;;;/h2*8-15H,1-7H3;1-7H,13H2;2*1H;/q;;;;;+2/p-2. The van der Waals surface area contributed by atoms with E-state index in [4.69, 9.17) is 0 Å². The van der Waals surface area contributed by atoms with Crippen LogP contribution in [0.4, 0.5) is 0 Å². The van der Waals surface area contributed by atoms with Crippen molar-refractivity contribution in [2.45, 2.75) is 115 Å². The fourth-order valence-electron chi connectivity index (χ4n) is 12.3. The van der Waals surface area contributed by atoms with Gasteiger partial charge in [-0.15, -0.1) is 0 Å². The molecule has 4 heteroatoms. The Kier molecular flexibility index (Phi) is 11.3. The summed E-state index contributed by atoms with van der Waals surface area (Å²) in [5.74, 6) is 0.446. The van der Waals surface area contributed by atoms with Gasteiger partial charge in [0.1, 0.15) is 0 Å². The average molecular weight is 978 g/mol. The molecule has 0 saturated heterocycles. The van der Waals surface area contributed by atoms with Gasteiger partial charge in [0, 0.05) is 0 Å². The number of fused-ring (bicyclic) bond motifs is 5. The maximum absolute atomic E-state index is 9.56. The zero-order valence-electron chi connectivity index (χ0n) is 40.7. The molecule has 0 aromatic heterocycles. The predicted molar refractivity (Wildman–Crippen MR) is 282 cm³/mol. The summed E-state index contributed by atoms with van der Waals surface area (Å²) in [7, 11) is 18.2. The molecule has 1 heterocycles. The second kappa shape index (κ2) is 15.8. The van der Waals surface area contributed by atoms with Crippen LogP contribution in [0.2, 0.25) is 0 Å². The van der Waals surface area contributed by atoms with Crippen LogP contribution in [0.1, 0.15) is 132 Å². The van der Waals surface area contributed by atoms with Crippen molar-refractivity contribution in [2.24, 2.45) is 11.8 Å². The van der Waals surface area contributed by atoms with E-state index in [0.29, 0.717) is 0 Å². The van der Waals surface area contributed by atoms with E-state index in [1.807, 2.05) is 0 Å². The van der Waals surface area contributed by atoms with Crippen LogP contribution in [0.3, 0.4) is 0 Å². The Balaban J connectivity index is 1.44. The van der Waals surface area contributed by atoms with Gasteiger partial charge < -0.3 is 0 Å². The fraction of sp³-hybridized carbons (Fsp3) is 0.333. The van der Waals surface area contributed by atoms with Gasteiger partial charge in [-0.1, -0.05) is 0 Å². The van der Waals surface area contributed by atoms with Gasteiger partial charge in [0.2, 0.25) is 0 Å². The van der Waals surface area contributed by atoms with Crippen LogP contribution < -0.4 is 13.6 Å². The van der Waals surface area contributed by atoms with E-state index in [1.54, 1.807) is 0 Å². The summed E-state index contributed by atoms with van der Waals surface area (Å²) in [5.41, 5.74) is 23.6. The van der Waals surface area contributed by atoms with Gasteiger partial charge >= 0.3 is 399 Å². The van der Waals surface area contributed by atoms with E-state index >= 15 is 0 Å². The number of benzene rings is 6. The molecule has 3 aliphatic rings. The molecule has 2 unspecified atom stereocenters. The molecule has 0 amide bonds. The molecular formula is C60H67Cl2SiZr. The van der Waals surface area contributed by atoms with Crippen molar-refractivity contribution < 1.29 is 16.4 Å². The van der Waals surface area contributed by atoms with Gasteiger partial charge in [-0.2, -0.15) is 0 Å². The second-order valence-corrected chi connectivity index (χ2v) is 44.9. The van der Waals surface area contributed by atoms with Crippen LogP contribution in [0.5, 0.6) is 0 Å². The zero-order valence-corrected chi connectivity index (χ0v) is 46.1. The number of aryl methyl sites for hydroxylation is 4. The molecule has 0 nitrogen and oxygen atoms in total. The molecule has 0 fully saturated rings. The van der Waals surface area contributed by atoms with Gasteiger partial charge in [0.05, 0.1) is 0 Å². The molecule has 329 valence electrons. The monoisotopic (exact) mass is 975 g/mol. The van der Waals surface area contributed by atoms with Gasteiger partial charge in [-0.25, -0.2) is 0 Å². The molecule has 0 N–H and O–H groups in total. The molecule has 9 rings (SSSR count). The van der Waals surface area contributed by atoms with Gasteiger partial charge in [-0.05, 0) is 0 Å². The normalized spacial score (nSPS) is 17.9. The van der Waals surface area contributed by atoms with Crippen LogP contribution in [-0.2, 0) is 27.2 Å². The first-order valence-electron chi connectivity index (χ1n) is 23.7. The van der Waals surface area contributed by atoms with Crippen molar-refractivity contribution in [3.63, 3.8) is 0 Å². The summed E-state index contributed by atoms with van der Waals surface area (Å²) in [4.78, 5) is 0. The number of hydrogen-bond donors (Lipinski definition) is 0. The Morgan fingerprint density at radius 2 is 0.938 bits per heavy atom. The fourth-order valence-corrected chi connectivity index (χ4v) is 40.6. The first-order valence-corrected chi connectivity index (χ1v) is 35.5. The van der Waals surface area contributed by atoms with E-state index in [2.05, 4.69) is 212 Å². The maximum atomic E-state index is 9.56. The zero-order chi connectivity index (χ0) is 46.0. The van der Waals surface area contributed by atoms with Crippen molar-refractivity contribution in [1.82, 2.24) is 0 Å². The number of hydrogen-bond acceptors (Lipinski definition) is 0. The minimum absolute atomic E-state index is 0.0865. The summed E-state index contributed by atoms with van der Waals surface area (Å²) in [6.45, 7) is 32.6. The predicted octanol–water partition coefficient (Wildman–Crippen LogP) is 15.2. The van der Waals surface area contributed by atoms with Gasteiger partial charge in [0.15, 0.2) is 0 Å². The summed E-state index contributed by atoms with van der Waals surface area (Å²) < 4.78 is 1.00. The molecule has 0 spiro atoms. The number of rotatable bonds is 7. The molecule has 0 bridgehead atoms. The Morgan fingerprint density at radius 3 is 1.36 bits per heavy atom. The first kappa shape index (κ1) is 45.6. The molecule has 2 atom stereocenters. The van der Waals surface area contributed by atoms with Crippen LogP contribution in [-0.4, -0.2) is 9.52 Å². The third-order valence-corrected chi connectivity index (χ3v) is 37.5. The van der Waals surface area contributed by atoms with E-state index < -0.39 is 25.9 Å². The first-order chi connectivity index (χ1) is 30.0. The van der Waals surface area contributed by atoms with Gasteiger partial charge in [-0.3, -0.25) is 0 Å². The molecule has 6 aromatic rings. The summed E-state index contributed by atoms with van der Waals surface area (Å²) >= 11 is -5.80. The Bertz CT molecular complexity index is 2790. The third-order valence-electron chi connectivity index (χ3n) is 14.9. The molecule has 2 aliphatic carbocycles. The molecule has 64 heavy (non-hydrogen) atoms. The molecule has 0 radical (unpaired) electrons. The van der Waals surface area contributed by atoms with Crippen LogP contribution in [0.15, 0.2) is 114 Å². The topological polar surface area (TPSA) is 0 Å². The quantitative estimate of drug-likeness (QED) is 0.140. The van der Waals surface area contributed by atoms with Crippen molar-refractivity contribution >= 4 is 52.3 Å². The van der Waals surface area contributed by atoms with E-state index in [-0.39, 0.29) is 29.9 Å². The average Bonchev–Trinajstić information content (AvgIpc) is 3.91. The van der Waals surface area contributed by atoms with E-state index in [0.717, 1.165) is 0 Å². The van der Waals surface area contributed by atoms with Gasteiger partial charge in [0.25, 0.3) is 0 Å². The van der Waals surface area contributed by atoms with Crippen molar-refractivity contribution in [3.8, 4) is 33.4 Å². The van der Waals surface area contributed by atoms with Crippen LogP contribution in [0, 0.1) is 39.5 Å². The van der Waals surface area contributed by atoms with Crippen LogP contribution in [0.25, 0.3) is 45.5 Å². The summed E-state index contributed by atoms with van der Waals surface area (Å²) in [5, 5.41) is 2.96. The number of halogens is 2.